The number of nitrogens with one attached hydrogen (secondary N) is 1. The number of anilines is 1. The van der Waals surface area contributed by atoms with E-state index < -0.39 is 5.60 Å². The van der Waals surface area contributed by atoms with E-state index in [9.17, 15) is 14.7 Å². The Bertz CT molecular complexity index is 846. The maximum atomic E-state index is 13.2. The van der Waals surface area contributed by atoms with Gasteiger partial charge in [0.25, 0.3) is 5.91 Å². The number of ketones is 1. The lowest BCUT2D eigenvalue weighted by molar-refractivity contribution is -0.903. The molecule has 0 bridgehead atoms. The largest absolute Gasteiger partial charge is 0.375 e. The molecule has 5 heteroatoms. The molecule has 0 unspecified atom stereocenters. The SMILES string of the molecule is O=C(C[C@]1(O)C(=O)N(C[NH+]2CCCCC2)c2ccccc21)c1ccccc1. The number of piperidine rings is 1. The number of hydrogen-bond donors (Lipinski definition) is 2. The monoisotopic (exact) mass is 365 g/mol. The lowest BCUT2D eigenvalue weighted by atomic mass is 9.88. The van der Waals surface area contributed by atoms with Crippen LogP contribution in [0.25, 0.3) is 0 Å². The van der Waals surface area contributed by atoms with Crippen LogP contribution < -0.4 is 9.80 Å². The fourth-order valence-corrected chi connectivity index (χ4v) is 4.23. The number of hydrogen-bond acceptors (Lipinski definition) is 3. The molecule has 1 fully saturated rings. The highest BCUT2D eigenvalue weighted by Gasteiger charge is 2.51. The number of amides is 1. The zero-order valence-corrected chi connectivity index (χ0v) is 15.4. The number of benzene rings is 2. The van der Waals surface area contributed by atoms with Gasteiger partial charge in [0.1, 0.15) is 0 Å². The summed E-state index contributed by atoms with van der Waals surface area (Å²) >= 11 is 0. The van der Waals surface area contributed by atoms with Crippen LogP contribution in [0.2, 0.25) is 0 Å². The number of aliphatic hydroxyl groups is 1. The Morgan fingerprint density at radius 2 is 1.67 bits per heavy atom. The zero-order valence-electron chi connectivity index (χ0n) is 15.4. The first kappa shape index (κ1) is 17.9. The number of carbonyl (C=O) groups excluding carboxylic acids is 2. The highest BCUT2D eigenvalue weighted by Crippen LogP contribution is 2.42. The quantitative estimate of drug-likeness (QED) is 0.790. The third kappa shape index (κ3) is 3.29. The lowest BCUT2D eigenvalue weighted by Gasteiger charge is -2.29. The van der Waals surface area contributed by atoms with Crippen LogP contribution in [-0.4, -0.2) is 36.6 Å². The topological polar surface area (TPSA) is 62.0 Å². The summed E-state index contributed by atoms with van der Waals surface area (Å²) in [4.78, 5) is 29.0. The van der Waals surface area contributed by atoms with Gasteiger partial charge in [-0.25, -0.2) is 0 Å². The first-order valence-corrected chi connectivity index (χ1v) is 9.65. The van der Waals surface area contributed by atoms with Crippen molar-refractivity contribution in [3.05, 3.63) is 65.7 Å². The molecule has 0 aromatic heterocycles. The predicted molar refractivity (Wildman–Crippen MR) is 103 cm³/mol. The Balaban J connectivity index is 1.62. The van der Waals surface area contributed by atoms with Gasteiger partial charge < -0.3 is 10.0 Å². The van der Waals surface area contributed by atoms with Gasteiger partial charge in [-0.3, -0.25) is 14.5 Å². The van der Waals surface area contributed by atoms with Crippen LogP contribution in [0.15, 0.2) is 54.6 Å². The summed E-state index contributed by atoms with van der Waals surface area (Å²) in [5, 5.41) is 11.3. The Morgan fingerprint density at radius 1 is 1.00 bits per heavy atom. The molecule has 27 heavy (non-hydrogen) atoms. The average Bonchev–Trinajstić information content (AvgIpc) is 2.92. The number of nitrogens with zero attached hydrogens (tertiary/aromatic N) is 1. The lowest BCUT2D eigenvalue weighted by Crippen LogP contribution is -3.14. The number of carbonyl (C=O) groups is 2. The van der Waals surface area contributed by atoms with E-state index in [1.807, 2.05) is 18.2 Å². The molecule has 2 aromatic carbocycles. The third-order valence-corrected chi connectivity index (χ3v) is 5.69. The fraction of sp³-hybridized carbons (Fsp3) is 0.364. The summed E-state index contributed by atoms with van der Waals surface area (Å²) in [5.41, 5.74) is -0.0189. The van der Waals surface area contributed by atoms with Crippen molar-refractivity contribution in [1.82, 2.24) is 0 Å². The van der Waals surface area contributed by atoms with E-state index in [4.69, 9.17) is 0 Å². The summed E-state index contributed by atoms with van der Waals surface area (Å²) in [6, 6.07) is 16.1. The molecule has 2 heterocycles. The molecule has 0 aliphatic carbocycles. The minimum atomic E-state index is -1.79. The molecule has 0 radical (unpaired) electrons. The Morgan fingerprint density at radius 3 is 2.41 bits per heavy atom. The van der Waals surface area contributed by atoms with Gasteiger partial charge in [0.2, 0.25) is 0 Å². The smallest absolute Gasteiger partial charge is 0.268 e. The molecular formula is C22H25N2O3+. The number of para-hydroxylation sites is 1. The normalized spacial score (nSPS) is 22.7. The molecule has 4 rings (SSSR count). The summed E-state index contributed by atoms with van der Waals surface area (Å²) < 4.78 is 0. The first-order chi connectivity index (χ1) is 13.1. The molecule has 0 spiro atoms. The molecule has 0 saturated carbocycles. The molecule has 5 nitrogen and oxygen atoms in total. The predicted octanol–water partition coefficient (Wildman–Crippen LogP) is 1.52. The molecular weight excluding hydrogens is 340 g/mol. The second-order valence-corrected chi connectivity index (χ2v) is 7.55. The van der Waals surface area contributed by atoms with Crippen molar-refractivity contribution < 1.29 is 19.6 Å². The Labute approximate surface area is 159 Å². The van der Waals surface area contributed by atoms with E-state index in [-0.39, 0.29) is 18.1 Å². The zero-order chi connectivity index (χ0) is 18.9. The molecule has 1 amide bonds. The molecule has 1 saturated heterocycles. The molecule has 2 aliphatic heterocycles. The first-order valence-electron chi connectivity index (χ1n) is 9.65. The average molecular weight is 365 g/mol. The highest BCUT2D eigenvalue weighted by atomic mass is 16.3. The van der Waals surface area contributed by atoms with Gasteiger partial charge in [0.15, 0.2) is 18.1 Å². The van der Waals surface area contributed by atoms with Gasteiger partial charge in [-0.15, -0.1) is 0 Å². The van der Waals surface area contributed by atoms with E-state index in [1.54, 1.807) is 41.3 Å². The minimum absolute atomic E-state index is 0.228. The minimum Gasteiger partial charge on any atom is -0.375 e. The molecule has 2 aliphatic rings. The van der Waals surface area contributed by atoms with E-state index >= 15 is 0 Å². The standard InChI is InChI=1S/C22H24N2O3/c25-20(17-9-3-1-4-10-17)15-22(27)18-11-5-6-12-19(18)24(21(22)26)16-23-13-7-2-8-14-23/h1,3-6,9-12,27H,2,7-8,13-16H2/p+1/t22-/m1/s1. The van der Waals surface area contributed by atoms with Gasteiger partial charge in [0, 0.05) is 11.1 Å². The van der Waals surface area contributed by atoms with Gasteiger partial charge in [0.05, 0.1) is 25.2 Å². The van der Waals surface area contributed by atoms with Gasteiger partial charge >= 0.3 is 0 Å². The number of likely N-dealkylation sites (tertiary alicyclic amines) is 1. The van der Waals surface area contributed by atoms with E-state index in [2.05, 4.69) is 0 Å². The maximum Gasteiger partial charge on any atom is 0.268 e. The van der Waals surface area contributed by atoms with E-state index in [0.717, 1.165) is 31.6 Å². The van der Waals surface area contributed by atoms with E-state index in [1.165, 1.54) is 11.3 Å². The molecule has 2 N–H and O–H groups in total. The van der Waals surface area contributed by atoms with Crippen LogP contribution in [0.1, 0.15) is 41.6 Å². The van der Waals surface area contributed by atoms with E-state index in [0.29, 0.717) is 17.8 Å². The maximum absolute atomic E-state index is 13.2. The van der Waals surface area contributed by atoms with Crippen molar-refractivity contribution in [1.29, 1.82) is 0 Å². The van der Waals surface area contributed by atoms with Crippen LogP contribution in [0, 0.1) is 0 Å². The number of quaternary nitrogens is 1. The van der Waals surface area contributed by atoms with Crippen molar-refractivity contribution in [2.45, 2.75) is 31.3 Å². The Hall–Kier alpha value is -2.50. The second-order valence-electron chi connectivity index (χ2n) is 7.55. The fourth-order valence-electron chi connectivity index (χ4n) is 4.23. The molecule has 2 aromatic rings. The summed E-state index contributed by atoms with van der Waals surface area (Å²) in [7, 11) is 0. The van der Waals surface area contributed by atoms with Gasteiger partial charge in [-0.2, -0.15) is 0 Å². The number of fused-ring (bicyclic) bond motifs is 1. The van der Waals surface area contributed by atoms with Gasteiger partial charge in [-0.1, -0.05) is 48.5 Å². The van der Waals surface area contributed by atoms with Crippen molar-refractivity contribution in [2.24, 2.45) is 0 Å². The number of rotatable bonds is 5. The van der Waals surface area contributed by atoms with Gasteiger partial charge in [-0.05, 0) is 25.3 Å². The number of Topliss-reactive ketones (excluding diaryl/α,β-unsaturated/α-hetero) is 1. The van der Waals surface area contributed by atoms with Crippen LogP contribution in [0.3, 0.4) is 0 Å². The van der Waals surface area contributed by atoms with Crippen molar-refractivity contribution in [3.8, 4) is 0 Å². The molecule has 1 atom stereocenters. The summed E-state index contributed by atoms with van der Waals surface area (Å²) in [6.45, 7) is 2.61. The third-order valence-electron chi connectivity index (χ3n) is 5.69. The van der Waals surface area contributed by atoms with Crippen LogP contribution in [-0.2, 0) is 10.4 Å². The summed E-state index contributed by atoms with van der Waals surface area (Å²) in [5.74, 6) is -0.612. The summed E-state index contributed by atoms with van der Waals surface area (Å²) in [6.07, 6.45) is 3.33. The van der Waals surface area contributed by atoms with Crippen LogP contribution >= 0.6 is 0 Å². The highest BCUT2D eigenvalue weighted by molar-refractivity contribution is 6.10. The van der Waals surface area contributed by atoms with Crippen molar-refractivity contribution >= 4 is 17.4 Å². The van der Waals surface area contributed by atoms with Crippen molar-refractivity contribution in [2.75, 3.05) is 24.7 Å². The van der Waals surface area contributed by atoms with Crippen molar-refractivity contribution in [3.63, 3.8) is 0 Å². The second kappa shape index (κ2) is 7.25. The van der Waals surface area contributed by atoms with Crippen LogP contribution in [0.4, 0.5) is 5.69 Å². The molecule has 140 valence electrons. The van der Waals surface area contributed by atoms with Crippen LogP contribution in [0.5, 0.6) is 0 Å². The Kier molecular flexibility index (Phi) is 4.81.